The van der Waals surface area contributed by atoms with Crippen LogP contribution in [0.3, 0.4) is 0 Å². The minimum atomic E-state index is -0.802. The minimum Gasteiger partial charge on any atom is -0.481 e. The van der Waals surface area contributed by atoms with E-state index in [0.717, 1.165) is 12.8 Å². The van der Waals surface area contributed by atoms with Crippen LogP contribution in [0.4, 0.5) is 4.79 Å². The Morgan fingerprint density at radius 2 is 2.00 bits per heavy atom. The molecule has 2 rings (SSSR count). The van der Waals surface area contributed by atoms with E-state index in [2.05, 4.69) is 5.32 Å². The van der Waals surface area contributed by atoms with Crippen LogP contribution in [0.2, 0.25) is 0 Å². The van der Waals surface area contributed by atoms with Gasteiger partial charge >= 0.3 is 12.0 Å². The molecule has 84 valence electrons. The molecule has 0 bridgehead atoms. The van der Waals surface area contributed by atoms with Crippen molar-refractivity contribution in [3.63, 3.8) is 0 Å². The zero-order valence-electron chi connectivity index (χ0n) is 8.77. The summed E-state index contributed by atoms with van der Waals surface area (Å²) in [6.45, 7) is 2.77. The van der Waals surface area contributed by atoms with Gasteiger partial charge in [0, 0.05) is 19.1 Å². The van der Waals surface area contributed by atoms with Gasteiger partial charge in [0.15, 0.2) is 0 Å². The standard InChI is InChI=1S/C10H16N2O3/c1-6-4-12(5-8(6)9(13)14)10(15)11-7-2-3-7/h6-8H,2-5H2,1H3,(H,11,15)(H,13,14)/t6-,8-/m1/s1. The molecule has 2 aliphatic rings. The Bertz CT molecular complexity index is 288. The molecule has 0 aromatic carbocycles. The highest BCUT2D eigenvalue weighted by Gasteiger charge is 2.38. The molecule has 2 amide bonds. The van der Waals surface area contributed by atoms with Gasteiger partial charge in [0.2, 0.25) is 0 Å². The second-order valence-corrected chi connectivity index (χ2v) is 4.55. The fourth-order valence-electron chi connectivity index (χ4n) is 1.95. The number of nitrogens with one attached hydrogen (secondary N) is 1. The van der Waals surface area contributed by atoms with Crippen LogP contribution in [-0.4, -0.2) is 41.1 Å². The number of nitrogens with zero attached hydrogens (tertiary/aromatic N) is 1. The van der Waals surface area contributed by atoms with E-state index in [4.69, 9.17) is 5.11 Å². The average molecular weight is 212 g/mol. The lowest BCUT2D eigenvalue weighted by atomic mass is 9.99. The van der Waals surface area contributed by atoms with E-state index in [0.29, 0.717) is 19.1 Å². The summed E-state index contributed by atoms with van der Waals surface area (Å²) in [5.41, 5.74) is 0. The number of rotatable bonds is 2. The minimum absolute atomic E-state index is 0.0486. The number of aliphatic carboxylic acids is 1. The summed E-state index contributed by atoms with van der Waals surface area (Å²) in [4.78, 5) is 24.1. The van der Waals surface area contributed by atoms with Gasteiger partial charge in [-0.3, -0.25) is 4.79 Å². The highest BCUT2D eigenvalue weighted by atomic mass is 16.4. The Balaban J connectivity index is 1.89. The zero-order chi connectivity index (χ0) is 11.0. The summed E-state index contributed by atoms with van der Waals surface area (Å²) in [6, 6.07) is 0.227. The monoisotopic (exact) mass is 212 g/mol. The third kappa shape index (κ3) is 2.22. The highest BCUT2D eigenvalue weighted by molar-refractivity contribution is 5.78. The Kier molecular flexibility index (Phi) is 2.54. The Hall–Kier alpha value is -1.26. The van der Waals surface area contributed by atoms with Gasteiger partial charge in [-0.1, -0.05) is 6.92 Å². The number of carbonyl (C=O) groups is 2. The van der Waals surface area contributed by atoms with Gasteiger partial charge in [-0.25, -0.2) is 4.79 Å². The number of carboxylic acids is 1. The summed E-state index contributed by atoms with van der Waals surface area (Å²) in [5, 5.41) is 11.8. The van der Waals surface area contributed by atoms with E-state index < -0.39 is 11.9 Å². The lowest BCUT2D eigenvalue weighted by molar-refractivity contribution is -0.142. The van der Waals surface area contributed by atoms with Gasteiger partial charge < -0.3 is 15.3 Å². The van der Waals surface area contributed by atoms with Crippen molar-refractivity contribution in [2.24, 2.45) is 11.8 Å². The largest absolute Gasteiger partial charge is 0.481 e. The molecule has 0 aromatic rings. The molecule has 2 fully saturated rings. The topological polar surface area (TPSA) is 69.6 Å². The lowest BCUT2D eigenvalue weighted by Crippen LogP contribution is -2.40. The van der Waals surface area contributed by atoms with E-state index >= 15 is 0 Å². The van der Waals surface area contributed by atoms with Crippen LogP contribution < -0.4 is 5.32 Å². The number of likely N-dealkylation sites (tertiary alicyclic amines) is 1. The molecule has 1 aliphatic heterocycles. The van der Waals surface area contributed by atoms with E-state index in [1.54, 1.807) is 4.90 Å². The van der Waals surface area contributed by atoms with E-state index in [1.165, 1.54) is 0 Å². The first-order valence-electron chi connectivity index (χ1n) is 5.36. The number of hydrogen-bond acceptors (Lipinski definition) is 2. The first kappa shape index (κ1) is 10.3. The van der Waals surface area contributed by atoms with Gasteiger partial charge in [0.05, 0.1) is 5.92 Å². The van der Waals surface area contributed by atoms with Crippen LogP contribution in [0.1, 0.15) is 19.8 Å². The van der Waals surface area contributed by atoms with Crippen LogP contribution in [0.15, 0.2) is 0 Å². The molecule has 1 saturated carbocycles. The predicted octanol–water partition coefficient (Wildman–Crippen LogP) is 0.511. The second kappa shape index (κ2) is 3.72. The van der Waals surface area contributed by atoms with Gasteiger partial charge in [0.1, 0.15) is 0 Å². The molecule has 5 nitrogen and oxygen atoms in total. The smallest absolute Gasteiger partial charge is 0.317 e. The van der Waals surface area contributed by atoms with E-state index in [-0.39, 0.29) is 11.9 Å². The zero-order valence-corrected chi connectivity index (χ0v) is 8.77. The average Bonchev–Trinajstić information content (AvgIpc) is 2.86. The molecule has 15 heavy (non-hydrogen) atoms. The first-order valence-corrected chi connectivity index (χ1v) is 5.36. The van der Waals surface area contributed by atoms with Crippen LogP contribution >= 0.6 is 0 Å². The molecule has 0 aromatic heterocycles. The fraction of sp³-hybridized carbons (Fsp3) is 0.800. The Labute approximate surface area is 88.4 Å². The van der Waals surface area contributed by atoms with Crippen LogP contribution in [-0.2, 0) is 4.79 Å². The van der Waals surface area contributed by atoms with Gasteiger partial charge in [-0.05, 0) is 18.8 Å². The molecular formula is C10H16N2O3. The van der Waals surface area contributed by atoms with E-state index in [9.17, 15) is 9.59 Å². The maximum Gasteiger partial charge on any atom is 0.317 e. The quantitative estimate of drug-likeness (QED) is 0.700. The van der Waals surface area contributed by atoms with Crippen molar-refractivity contribution in [2.45, 2.75) is 25.8 Å². The van der Waals surface area contributed by atoms with Gasteiger partial charge in [-0.15, -0.1) is 0 Å². The second-order valence-electron chi connectivity index (χ2n) is 4.55. The SMILES string of the molecule is C[C@@H]1CN(C(=O)NC2CC2)C[C@H]1C(=O)O. The summed E-state index contributed by atoms with van der Waals surface area (Å²) in [5.74, 6) is -1.16. The number of hydrogen-bond donors (Lipinski definition) is 2. The number of carboxylic acid groups (broad SMARTS) is 1. The maximum absolute atomic E-state index is 11.6. The maximum atomic E-state index is 11.6. The van der Waals surface area contributed by atoms with Crippen molar-refractivity contribution in [2.75, 3.05) is 13.1 Å². The number of carbonyl (C=O) groups excluding carboxylic acids is 1. The van der Waals surface area contributed by atoms with E-state index in [1.807, 2.05) is 6.92 Å². The van der Waals surface area contributed by atoms with Crippen molar-refractivity contribution in [1.82, 2.24) is 10.2 Å². The highest BCUT2D eigenvalue weighted by Crippen LogP contribution is 2.24. The molecule has 0 unspecified atom stereocenters. The first-order chi connectivity index (χ1) is 7.08. The molecular weight excluding hydrogens is 196 g/mol. The summed E-state index contributed by atoms with van der Waals surface area (Å²) < 4.78 is 0. The molecule has 0 spiro atoms. The lowest BCUT2D eigenvalue weighted by Gasteiger charge is -2.16. The molecule has 1 heterocycles. The summed E-state index contributed by atoms with van der Waals surface area (Å²) >= 11 is 0. The summed E-state index contributed by atoms with van der Waals surface area (Å²) in [7, 11) is 0. The fourth-order valence-corrected chi connectivity index (χ4v) is 1.95. The Morgan fingerprint density at radius 3 is 2.47 bits per heavy atom. The number of amides is 2. The van der Waals surface area contributed by atoms with Crippen molar-refractivity contribution in [3.8, 4) is 0 Å². The molecule has 2 N–H and O–H groups in total. The predicted molar refractivity (Wildman–Crippen MR) is 53.4 cm³/mol. The number of urea groups is 1. The normalized spacial score (nSPS) is 30.3. The molecule has 1 saturated heterocycles. The molecule has 2 atom stereocenters. The summed E-state index contributed by atoms with van der Waals surface area (Å²) in [6.07, 6.45) is 2.11. The van der Waals surface area contributed by atoms with Crippen molar-refractivity contribution in [3.05, 3.63) is 0 Å². The Morgan fingerprint density at radius 1 is 1.33 bits per heavy atom. The van der Waals surface area contributed by atoms with Crippen molar-refractivity contribution in [1.29, 1.82) is 0 Å². The van der Waals surface area contributed by atoms with Crippen LogP contribution in [0, 0.1) is 11.8 Å². The van der Waals surface area contributed by atoms with Crippen molar-refractivity contribution < 1.29 is 14.7 Å². The third-order valence-corrected chi connectivity index (χ3v) is 3.12. The van der Waals surface area contributed by atoms with Crippen molar-refractivity contribution >= 4 is 12.0 Å². The molecule has 5 heteroatoms. The van der Waals surface area contributed by atoms with Crippen LogP contribution in [0.5, 0.6) is 0 Å². The van der Waals surface area contributed by atoms with Gasteiger partial charge in [-0.2, -0.15) is 0 Å². The van der Waals surface area contributed by atoms with Crippen LogP contribution in [0.25, 0.3) is 0 Å². The molecule has 1 aliphatic carbocycles. The third-order valence-electron chi connectivity index (χ3n) is 3.12. The van der Waals surface area contributed by atoms with Gasteiger partial charge in [0.25, 0.3) is 0 Å². The molecule has 0 radical (unpaired) electrons.